The summed E-state index contributed by atoms with van der Waals surface area (Å²) in [7, 11) is 0. The van der Waals surface area contributed by atoms with Crippen molar-refractivity contribution in [3.05, 3.63) is 65.5 Å². The van der Waals surface area contributed by atoms with Crippen molar-refractivity contribution in [3.8, 4) is 10.6 Å². The summed E-state index contributed by atoms with van der Waals surface area (Å²) in [5, 5.41) is 14.7. The second-order valence-electron chi connectivity index (χ2n) is 4.95. The number of benzene rings is 1. The Morgan fingerprint density at radius 2 is 2.05 bits per heavy atom. The van der Waals surface area contributed by atoms with Gasteiger partial charge in [-0.25, -0.2) is 4.98 Å². The van der Waals surface area contributed by atoms with Crippen LogP contribution in [0.3, 0.4) is 0 Å². The van der Waals surface area contributed by atoms with Gasteiger partial charge in [-0.2, -0.15) is 0 Å². The Morgan fingerprint density at radius 3 is 2.77 bits per heavy atom. The number of aromatic nitrogens is 1. The van der Waals surface area contributed by atoms with Gasteiger partial charge in [0.25, 0.3) is 0 Å². The van der Waals surface area contributed by atoms with E-state index in [9.17, 15) is 5.11 Å². The zero-order valence-electron chi connectivity index (χ0n) is 12.1. The van der Waals surface area contributed by atoms with E-state index in [0.717, 1.165) is 16.2 Å². The van der Waals surface area contributed by atoms with Crippen LogP contribution in [0.4, 0.5) is 0 Å². The molecule has 1 unspecified atom stereocenters. The molecule has 0 saturated carbocycles. The fourth-order valence-electron chi connectivity index (χ4n) is 2.34. The minimum absolute atomic E-state index is 0.0864. The molecule has 3 aromatic rings. The van der Waals surface area contributed by atoms with Crippen molar-refractivity contribution in [2.75, 3.05) is 6.61 Å². The average molecular weight is 314 g/mol. The van der Waals surface area contributed by atoms with Gasteiger partial charge in [0.1, 0.15) is 0 Å². The number of rotatable bonds is 7. The smallest absolute Gasteiger partial charge is 0.208 e. The minimum Gasteiger partial charge on any atom is -0.438 e. The third-order valence-corrected chi connectivity index (χ3v) is 4.32. The molecule has 0 spiro atoms. The first-order valence-electron chi connectivity index (χ1n) is 7.24. The normalized spacial score (nSPS) is 12.4. The molecule has 3 rings (SSSR count). The molecule has 0 aliphatic rings. The molecule has 0 saturated heterocycles. The van der Waals surface area contributed by atoms with E-state index in [1.54, 1.807) is 17.5 Å². The van der Waals surface area contributed by atoms with Gasteiger partial charge in [-0.05, 0) is 23.4 Å². The van der Waals surface area contributed by atoms with Crippen LogP contribution in [0.25, 0.3) is 10.6 Å². The third kappa shape index (κ3) is 3.62. The van der Waals surface area contributed by atoms with E-state index in [2.05, 4.69) is 22.4 Å². The van der Waals surface area contributed by atoms with E-state index >= 15 is 0 Å². The van der Waals surface area contributed by atoms with Crippen LogP contribution in [0.5, 0.6) is 0 Å². The molecule has 0 radical (unpaired) electrons. The molecule has 1 atom stereocenters. The maximum Gasteiger partial charge on any atom is 0.208 e. The van der Waals surface area contributed by atoms with Gasteiger partial charge in [-0.3, -0.25) is 0 Å². The van der Waals surface area contributed by atoms with E-state index in [1.807, 2.05) is 35.7 Å². The van der Waals surface area contributed by atoms with E-state index in [4.69, 9.17) is 4.42 Å². The van der Waals surface area contributed by atoms with Gasteiger partial charge in [0.15, 0.2) is 5.76 Å². The average Bonchev–Trinajstić information content (AvgIpc) is 3.23. The van der Waals surface area contributed by atoms with Crippen LogP contribution in [-0.2, 0) is 6.54 Å². The van der Waals surface area contributed by atoms with Gasteiger partial charge in [-0.15, -0.1) is 11.3 Å². The van der Waals surface area contributed by atoms with Crippen molar-refractivity contribution in [1.29, 1.82) is 0 Å². The molecule has 2 aromatic heterocycles. The lowest BCUT2D eigenvalue weighted by atomic mass is 10.0. The first-order chi connectivity index (χ1) is 10.9. The van der Waals surface area contributed by atoms with Gasteiger partial charge in [0.2, 0.25) is 5.89 Å². The van der Waals surface area contributed by atoms with Crippen LogP contribution in [0.2, 0.25) is 0 Å². The van der Waals surface area contributed by atoms with Crippen LogP contribution >= 0.6 is 11.3 Å². The number of hydrogen-bond acceptors (Lipinski definition) is 5. The largest absolute Gasteiger partial charge is 0.438 e. The van der Waals surface area contributed by atoms with Crippen LogP contribution in [0.15, 0.2) is 58.5 Å². The van der Waals surface area contributed by atoms with Crippen LogP contribution in [-0.4, -0.2) is 16.7 Å². The third-order valence-electron chi connectivity index (χ3n) is 3.44. The summed E-state index contributed by atoms with van der Waals surface area (Å²) in [6.07, 6.45) is 2.41. The first-order valence-corrected chi connectivity index (χ1v) is 8.12. The summed E-state index contributed by atoms with van der Waals surface area (Å²) in [5.41, 5.74) is 1.15. The quantitative estimate of drug-likeness (QED) is 0.699. The molecule has 114 valence electrons. The predicted octanol–water partition coefficient (Wildman–Crippen LogP) is 3.62. The fourth-order valence-corrected chi connectivity index (χ4v) is 3.01. The molecule has 2 heterocycles. The molecule has 0 aliphatic carbocycles. The van der Waals surface area contributed by atoms with Crippen molar-refractivity contribution in [2.45, 2.75) is 19.0 Å². The molecular formula is C17H18N2O2S. The summed E-state index contributed by atoms with van der Waals surface area (Å²) in [4.78, 5) is 5.39. The number of hydrogen-bond donors (Lipinski definition) is 2. The maximum atomic E-state index is 9.25. The van der Waals surface area contributed by atoms with Crippen molar-refractivity contribution in [2.24, 2.45) is 0 Å². The molecule has 5 heteroatoms. The van der Waals surface area contributed by atoms with Crippen molar-refractivity contribution >= 4 is 11.3 Å². The van der Waals surface area contributed by atoms with E-state index in [1.165, 1.54) is 0 Å². The number of nitrogens with one attached hydrogen (secondary N) is 1. The van der Waals surface area contributed by atoms with Gasteiger partial charge in [0.05, 0.1) is 17.6 Å². The van der Waals surface area contributed by atoms with Crippen LogP contribution in [0, 0.1) is 0 Å². The summed E-state index contributed by atoms with van der Waals surface area (Å²) in [5.74, 6) is 1.45. The standard InChI is InChI=1S/C17H18N2O2S/c20-9-8-14(13-5-2-1-3-6-13)18-12-17-19-11-15(21-17)16-7-4-10-22-16/h1-7,10-11,14,18,20H,8-9,12H2. The van der Waals surface area contributed by atoms with Gasteiger partial charge < -0.3 is 14.8 Å². The first kappa shape index (κ1) is 15.0. The van der Waals surface area contributed by atoms with E-state index < -0.39 is 0 Å². The summed E-state index contributed by atoms with van der Waals surface area (Å²) < 4.78 is 5.77. The van der Waals surface area contributed by atoms with Gasteiger partial charge >= 0.3 is 0 Å². The second-order valence-corrected chi connectivity index (χ2v) is 5.90. The lowest BCUT2D eigenvalue weighted by Gasteiger charge is -2.17. The second kappa shape index (κ2) is 7.35. The minimum atomic E-state index is 0.0864. The molecule has 0 aliphatic heterocycles. The maximum absolute atomic E-state index is 9.25. The fraction of sp³-hybridized carbons (Fsp3) is 0.235. The van der Waals surface area contributed by atoms with Crippen molar-refractivity contribution < 1.29 is 9.52 Å². The Labute approximate surface area is 133 Å². The Morgan fingerprint density at radius 1 is 1.18 bits per heavy atom. The topological polar surface area (TPSA) is 58.3 Å². The number of oxazole rings is 1. The molecule has 0 amide bonds. The van der Waals surface area contributed by atoms with E-state index in [-0.39, 0.29) is 12.6 Å². The summed E-state index contributed by atoms with van der Waals surface area (Å²) >= 11 is 1.63. The number of nitrogens with zero attached hydrogens (tertiary/aromatic N) is 1. The zero-order valence-corrected chi connectivity index (χ0v) is 12.9. The molecule has 0 fully saturated rings. The number of thiophene rings is 1. The molecular weight excluding hydrogens is 296 g/mol. The number of aliphatic hydroxyl groups excluding tert-OH is 1. The van der Waals surface area contributed by atoms with E-state index in [0.29, 0.717) is 18.9 Å². The highest BCUT2D eigenvalue weighted by Gasteiger charge is 2.12. The highest BCUT2D eigenvalue weighted by atomic mass is 32.1. The Balaban J connectivity index is 1.65. The molecule has 1 aromatic carbocycles. The number of aliphatic hydroxyl groups is 1. The zero-order chi connectivity index (χ0) is 15.2. The highest BCUT2D eigenvalue weighted by Crippen LogP contribution is 2.25. The lowest BCUT2D eigenvalue weighted by molar-refractivity contribution is 0.263. The van der Waals surface area contributed by atoms with Gasteiger partial charge in [-0.1, -0.05) is 36.4 Å². The Hall–Kier alpha value is -1.95. The van der Waals surface area contributed by atoms with Crippen LogP contribution in [0.1, 0.15) is 23.9 Å². The predicted molar refractivity (Wildman–Crippen MR) is 87.5 cm³/mol. The van der Waals surface area contributed by atoms with Crippen molar-refractivity contribution in [3.63, 3.8) is 0 Å². The highest BCUT2D eigenvalue weighted by molar-refractivity contribution is 7.13. The lowest BCUT2D eigenvalue weighted by Crippen LogP contribution is -2.22. The van der Waals surface area contributed by atoms with Gasteiger partial charge in [0, 0.05) is 12.6 Å². The SMILES string of the molecule is OCCC(NCc1ncc(-c2cccs2)o1)c1ccccc1. The molecule has 22 heavy (non-hydrogen) atoms. The monoisotopic (exact) mass is 314 g/mol. The summed E-state index contributed by atoms with van der Waals surface area (Å²) in [6.45, 7) is 0.670. The van der Waals surface area contributed by atoms with Crippen LogP contribution < -0.4 is 5.32 Å². The van der Waals surface area contributed by atoms with Crippen molar-refractivity contribution in [1.82, 2.24) is 10.3 Å². The molecule has 4 nitrogen and oxygen atoms in total. The summed E-state index contributed by atoms with van der Waals surface area (Å²) in [6, 6.07) is 14.2. The molecule has 0 bridgehead atoms. The Kier molecular flexibility index (Phi) is 5.00. The molecule has 2 N–H and O–H groups in total. The Bertz CT molecular complexity index is 680.